The highest BCUT2D eigenvalue weighted by Crippen LogP contribution is 2.52. The molecule has 0 amide bonds. The molecule has 0 fully saturated rings. The number of nitrogens with two attached hydrogens (primary N) is 2. The molecule has 2 heterocycles. The van der Waals surface area contributed by atoms with E-state index < -0.39 is 0 Å². The van der Waals surface area contributed by atoms with Gasteiger partial charge in [0, 0.05) is 49.8 Å². The van der Waals surface area contributed by atoms with Gasteiger partial charge in [0.1, 0.15) is 5.71 Å². The maximum absolute atomic E-state index is 7.21. The van der Waals surface area contributed by atoms with E-state index in [-0.39, 0.29) is 0 Å². The number of rotatable bonds is 9. The summed E-state index contributed by atoms with van der Waals surface area (Å²) in [5, 5.41) is 17.0. The average Bonchev–Trinajstić information content (AvgIpc) is 1.75. The average molecular weight is 1100 g/mol. The van der Waals surface area contributed by atoms with Gasteiger partial charge in [0.15, 0.2) is 0 Å². The third-order valence-electron chi connectivity index (χ3n) is 15.8. The molecule has 1 aliphatic carbocycles. The Morgan fingerprint density at radius 2 is 1.05 bits per heavy atom. The quantitative estimate of drug-likeness (QED) is 0.0764. The van der Waals surface area contributed by atoms with Crippen LogP contribution in [0.4, 0.5) is 17.1 Å². The molecule has 0 bridgehead atoms. The molecule has 6 nitrogen and oxygen atoms in total. The van der Waals surface area contributed by atoms with Gasteiger partial charge in [-0.1, -0.05) is 238 Å². The van der Waals surface area contributed by atoms with Crippen molar-refractivity contribution in [3.63, 3.8) is 0 Å². The molecule has 2 aliphatic rings. The van der Waals surface area contributed by atoms with Gasteiger partial charge in [-0.05, 0) is 146 Å². The zero-order valence-corrected chi connectivity index (χ0v) is 47.8. The topological polar surface area (TPSA) is 84.6 Å². The van der Waals surface area contributed by atoms with E-state index in [0.717, 1.165) is 94.4 Å². The van der Waals surface area contributed by atoms with Gasteiger partial charge in [-0.2, -0.15) is 10.2 Å². The fourth-order valence-corrected chi connectivity index (χ4v) is 12.0. The number of hydrazone groups is 1. The van der Waals surface area contributed by atoms with E-state index in [4.69, 9.17) is 10.8 Å². The van der Waals surface area contributed by atoms with Gasteiger partial charge in [-0.15, -0.1) is 6.58 Å². The first-order valence-electron chi connectivity index (χ1n) is 28.6. The van der Waals surface area contributed by atoms with Crippen LogP contribution < -0.4 is 22.0 Å². The van der Waals surface area contributed by atoms with Gasteiger partial charge in [-0.25, -0.2) is 0 Å². The number of hydrogen-bond acceptors (Lipinski definition) is 5. The maximum atomic E-state index is 7.21. The highest BCUT2D eigenvalue weighted by Gasteiger charge is 2.28. The standard InChI is InChI=1S/C67H43N5.C8H10.C3H6.CH5N/c68-59-35-31-46(47-33-36-60-58(39-47)65-54-25-13-24-53-51-22-11-12-23-52(51)56(63(53)54)40-62(65)71(60)48-18-5-2-6-19-48)38-57(59)64-49-20-9-7-16-43(49)32-37-61(64)72-69-66(45-28-26-42(27-29-45)41-14-3-1-4-15-41)55-34-30-44-17-8-10-21-50(44)67(55)70-72;1-4-6-7-8(3)5-2;1-3-2;1-2/h1-40,70H,68H2;4-7H,1-3H2;3H,1H2,2H3;2H2,1H3/b;7-6-;;. The van der Waals surface area contributed by atoms with Gasteiger partial charge >= 0.3 is 0 Å². The summed E-state index contributed by atoms with van der Waals surface area (Å²) in [7, 11) is 1.50. The molecule has 0 radical (unpaired) electrons. The van der Waals surface area contributed by atoms with Crippen LogP contribution in [0, 0.1) is 0 Å². The molecule has 13 aromatic rings. The van der Waals surface area contributed by atoms with Crippen LogP contribution in [-0.2, 0) is 0 Å². The van der Waals surface area contributed by atoms with Crippen molar-refractivity contribution in [3.8, 4) is 61.3 Å². The number of para-hydroxylation sites is 1. The Labute approximate surface area is 497 Å². The summed E-state index contributed by atoms with van der Waals surface area (Å²) in [5.74, 6) is 0. The van der Waals surface area contributed by atoms with Crippen LogP contribution in [0.5, 0.6) is 0 Å². The molecule has 85 heavy (non-hydrogen) atoms. The van der Waals surface area contributed by atoms with Crippen molar-refractivity contribution in [1.82, 2.24) is 4.57 Å². The lowest BCUT2D eigenvalue weighted by Crippen LogP contribution is -2.32. The summed E-state index contributed by atoms with van der Waals surface area (Å²) in [6.07, 6.45) is 8.82. The number of nitrogens with one attached hydrogen (secondary N) is 1. The molecule has 0 saturated heterocycles. The second-order valence-electron chi connectivity index (χ2n) is 20.8. The maximum Gasteiger partial charge on any atom is 0.102 e. The Morgan fingerprint density at radius 1 is 0.471 bits per heavy atom. The Bertz CT molecular complexity index is 4790. The minimum atomic E-state index is 0.686. The van der Waals surface area contributed by atoms with Crippen LogP contribution >= 0.6 is 0 Å². The lowest BCUT2D eigenvalue weighted by atomic mass is 9.91. The third-order valence-corrected chi connectivity index (χ3v) is 15.8. The van der Waals surface area contributed by atoms with E-state index in [9.17, 15) is 0 Å². The van der Waals surface area contributed by atoms with E-state index in [0.29, 0.717) is 5.69 Å². The summed E-state index contributed by atoms with van der Waals surface area (Å²) in [6.45, 7) is 15.9. The van der Waals surface area contributed by atoms with Gasteiger partial charge in [0.2, 0.25) is 0 Å². The number of nitrogen functional groups attached to an aromatic ring is 1. The molecule has 0 saturated carbocycles. The van der Waals surface area contributed by atoms with E-state index >= 15 is 0 Å². The molecule has 410 valence electrons. The normalized spacial score (nSPS) is 11.8. The molecule has 15 rings (SSSR count). The number of fused-ring (bicyclic) bond motifs is 11. The summed E-state index contributed by atoms with van der Waals surface area (Å²) in [6, 6.07) is 87.4. The van der Waals surface area contributed by atoms with Crippen LogP contribution in [0.3, 0.4) is 0 Å². The fourth-order valence-electron chi connectivity index (χ4n) is 12.0. The number of hydrogen-bond donors (Lipinski definition) is 3. The molecule has 1 aromatic heterocycles. The van der Waals surface area contributed by atoms with Crippen molar-refractivity contribution in [3.05, 3.63) is 316 Å². The van der Waals surface area contributed by atoms with E-state index in [1.54, 1.807) is 18.2 Å². The number of benzene rings is 12. The Morgan fingerprint density at radius 3 is 1.78 bits per heavy atom. The first-order chi connectivity index (χ1) is 41.8. The van der Waals surface area contributed by atoms with Crippen LogP contribution in [0.15, 0.2) is 310 Å². The molecular formula is C79H64N6. The zero-order chi connectivity index (χ0) is 58.6. The van der Waals surface area contributed by atoms with Crippen molar-refractivity contribution < 1.29 is 0 Å². The first kappa shape index (κ1) is 54.5. The molecule has 12 aromatic carbocycles. The number of hydrazine groups is 1. The van der Waals surface area contributed by atoms with Gasteiger partial charge < -0.3 is 16.0 Å². The number of nitrogens with zero attached hydrogens (tertiary/aromatic N) is 3. The van der Waals surface area contributed by atoms with Gasteiger partial charge in [-0.3, -0.25) is 5.43 Å². The summed E-state index contributed by atoms with van der Waals surface area (Å²) in [4.78, 5) is 0. The van der Waals surface area contributed by atoms with E-state index in [2.05, 4.69) is 285 Å². The number of allylic oxidation sites excluding steroid dienone is 6. The van der Waals surface area contributed by atoms with E-state index in [1.165, 1.54) is 61.9 Å². The zero-order valence-electron chi connectivity index (χ0n) is 47.8. The van der Waals surface area contributed by atoms with Crippen LogP contribution in [0.25, 0.3) is 115 Å². The first-order valence-corrected chi connectivity index (χ1v) is 28.6. The SMILES string of the molecule is C=C/C=C\C(=C)C=C.C=CC.CN.Nc1ccc(-c2ccc3c(c2)c2c4cccc5c4c(cc2n3-c2ccccc2)-c2ccccc2-5)cc1-c1c(N2N=C(c3ccc(-c4ccccc4)cc3)c3ccc4ccccc4c3N2)ccc2ccccc12. The van der Waals surface area contributed by atoms with Crippen LogP contribution in [-0.4, -0.2) is 17.3 Å². The Kier molecular flexibility index (Phi) is 15.3. The fraction of sp³-hybridized carbons (Fsp3) is 0.0253. The van der Waals surface area contributed by atoms with Crippen LogP contribution in [0.2, 0.25) is 0 Å². The summed E-state index contributed by atoms with van der Waals surface area (Å²) in [5.41, 5.74) is 37.1. The lowest BCUT2D eigenvalue weighted by Gasteiger charge is -2.32. The number of aromatic nitrogens is 1. The Balaban J connectivity index is 0.000000498. The van der Waals surface area contributed by atoms with Gasteiger partial charge in [0.25, 0.3) is 0 Å². The smallest absolute Gasteiger partial charge is 0.102 e. The highest BCUT2D eigenvalue weighted by molar-refractivity contribution is 6.30. The summed E-state index contributed by atoms with van der Waals surface area (Å²) < 4.78 is 2.44. The van der Waals surface area contributed by atoms with E-state index in [1.807, 2.05) is 24.2 Å². The van der Waals surface area contributed by atoms with Crippen LogP contribution in [0.1, 0.15) is 18.1 Å². The molecule has 1 aliphatic heterocycles. The third kappa shape index (κ3) is 9.97. The molecule has 5 N–H and O–H groups in total. The van der Waals surface area contributed by atoms with Crippen molar-refractivity contribution in [2.45, 2.75) is 6.92 Å². The lowest BCUT2D eigenvalue weighted by molar-refractivity contribution is 0.981. The molecule has 0 spiro atoms. The largest absolute Gasteiger partial charge is 0.398 e. The highest BCUT2D eigenvalue weighted by atomic mass is 15.7. The van der Waals surface area contributed by atoms with Crippen molar-refractivity contribution >= 4 is 76.9 Å². The molecule has 0 atom stereocenters. The minimum Gasteiger partial charge on any atom is -0.398 e. The second kappa shape index (κ2) is 23.8. The van der Waals surface area contributed by atoms with Crippen molar-refractivity contribution in [1.29, 1.82) is 0 Å². The number of anilines is 3. The summed E-state index contributed by atoms with van der Waals surface area (Å²) >= 11 is 0. The van der Waals surface area contributed by atoms with Crippen molar-refractivity contribution in [2.75, 3.05) is 23.3 Å². The molecule has 6 heteroatoms. The molecule has 0 unspecified atom stereocenters. The predicted octanol–water partition coefficient (Wildman–Crippen LogP) is 20.3. The molecular weight excluding hydrogens is 1030 g/mol. The second-order valence-corrected chi connectivity index (χ2v) is 20.8. The Hall–Kier alpha value is -11.1. The monoisotopic (exact) mass is 1100 g/mol. The van der Waals surface area contributed by atoms with Crippen molar-refractivity contribution in [2.24, 2.45) is 10.8 Å². The minimum absolute atomic E-state index is 0.686. The van der Waals surface area contributed by atoms with Gasteiger partial charge in [0.05, 0.1) is 22.4 Å². The predicted molar refractivity (Wildman–Crippen MR) is 368 cm³/mol.